The fourth-order valence-electron chi connectivity index (χ4n) is 2.21. The van der Waals surface area contributed by atoms with Crippen molar-refractivity contribution in [3.63, 3.8) is 0 Å². The van der Waals surface area contributed by atoms with Crippen molar-refractivity contribution in [3.05, 3.63) is 41.3 Å². The zero-order valence-electron chi connectivity index (χ0n) is 9.98. The van der Waals surface area contributed by atoms with Gasteiger partial charge in [0.25, 0.3) is 0 Å². The molecule has 0 unspecified atom stereocenters. The minimum Gasteiger partial charge on any atom is -1.00 e. The molecule has 1 aromatic rings. The zero-order chi connectivity index (χ0) is 10.8. The average Bonchev–Trinajstić information content (AvgIpc) is 2.27. The number of halogens is 3. The van der Waals surface area contributed by atoms with Crippen LogP contribution in [0, 0.1) is 25.0 Å². The molecule has 0 bridgehead atoms. The van der Waals surface area contributed by atoms with Gasteiger partial charge in [0.05, 0.1) is 0 Å². The maximum Gasteiger partial charge on any atom is 2.00 e. The summed E-state index contributed by atoms with van der Waals surface area (Å²) in [5, 5.41) is 0. The van der Waals surface area contributed by atoms with E-state index in [9.17, 15) is 8.78 Å². The molecule has 0 radical (unpaired) electrons. The van der Waals surface area contributed by atoms with Gasteiger partial charge in [0.2, 0.25) is 0 Å². The number of aryl methyl sites for hydroxylation is 1. The quantitative estimate of drug-likeness (QED) is 0.530. The van der Waals surface area contributed by atoms with E-state index in [4.69, 9.17) is 0 Å². The largest absolute Gasteiger partial charge is 2.00 e. The molecule has 4 heteroatoms. The molecule has 0 nitrogen and oxygen atoms in total. The molecule has 0 aromatic heterocycles. The third-order valence-electron chi connectivity index (χ3n) is 3.18. The van der Waals surface area contributed by atoms with E-state index in [-0.39, 0.29) is 46.0 Å². The van der Waals surface area contributed by atoms with Crippen LogP contribution in [-0.4, -0.2) is 23.1 Å². The van der Waals surface area contributed by atoms with Gasteiger partial charge < -0.3 is 23.4 Å². The van der Waals surface area contributed by atoms with E-state index in [0.717, 1.165) is 25.7 Å². The predicted octanol–water partition coefficient (Wildman–Crippen LogP) is 0.758. The smallest absolute Gasteiger partial charge is 1.00 e. The first-order valence-electron chi connectivity index (χ1n) is 5.46. The molecule has 1 fully saturated rings. The molecule has 1 saturated carbocycles. The van der Waals surface area contributed by atoms with Gasteiger partial charge in [-0.3, -0.25) is 0 Å². The maximum absolute atomic E-state index is 13.7. The van der Waals surface area contributed by atoms with Gasteiger partial charge >= 0.3 is 23.1 Å². The third-order valence-corrected chi connectivity index (χ3v) is 3.18. The summed E-state index contributed by atoms with van der Waals surface area (Å²) in [5.41, 5.74) is 0.949. The Morgan fingerprint density at radius 2 is 1.71 bits per heavy atom. The van der Waals surface area contributed by atoms with Gasteiger partial charge in [-0.05, 0) is 24.0 Å². The van der Waals surface area contributed by atoms with Crippen LogP contribution in [0.1, 0.15) is 42.7 Å². The summed E-state index contributed by atoms with van der Waals surface area (Å²) in [6.45, 7) is 1.59. The zero-order valence-corrected chi connectivity index (χ0v) is 13.0. The molecular formula is C13H15BrF2Mg. The van der Waals surface area contributed by atoms with Gasteiger partial charge in [-0.2, -0.15) is 12.8 Å². The Morgan fingerprint density at radius 3 is 2.29 bits per heavy atom. The molecule has 1 aliphatic rings. The van der Waals surface area contributed by atoms with E-state index in [0.29, 0.717) is 11.1 Å². The second-order valence-electron chi connectivity index (χ2n) is 4.24. The second-order valence-corrected chi connectivity index (χ2v) is 4.24. The van der Waals surface area contributed by atoms with Gasteiger partial charge in [0, 0.05) is 0 Å². The molecule has 1 aliphatic carbocycles. The molecular weight excluding hydrogens is 298 g/mol. The van der Waals surface area contributed by atoms with E-state index in [1.165, 1.54) is 0 Å². The van der Waals surface area contributed by atoms with Gasteiger partial charge in [-0.1, -0.05) is 25.0 Å². The van der Waals surface area contributed by atoms with Gasteiger partial charge in [0.15, 0.2) is 11.6 Å². The molecule has 0 atom stereocenters. The number of benzene rings is 1. The Balaban J connectivity index is 0.00000128. The second kappa shape index (κ2) is 7.69. The Hall–Kier alpha value is 0.326. The fourth-order valence-corrected chi connectivity index (χ4v) is 2.21. The predicted molar refractivity (Wildman–Crippen MR) is 62.4 cm³/mol. The van der Waals surface area contributed by atoms with Crippen LogP contribution in [0.2, 0.25) is 0 Å². The summed E-state index contributed by atoms with van der Waals surface area (Å²) in [6.07, 6.45) is 6.14. The molecule has 1 aromatic carbocycles. The molecule has 0 aliphatic heterocycles. The van der Waals surface area contributed by atoms with Crippen LogP contribution in [-0.2, 0) is 0 Å². The van der Waals surface area contributed by atoms with E-state index in [2.05, 4.69) is 6.42 Å². The van der Waals surface area contributed by atoms with Gasteiger partial charge in [0.1, 0.15) is 0 Å². The van der Waals surface area contributed by atoms with Crippen LogP contribution in [0.15, 0.2) is 12.1 Å². The summed E-state index contributed by atoms with van der Waals surface area (Å²) < 4.78 is 27.0. The number of hydrogen-bond acceptors (Lipinski definition) is 0. The van der Waals surface area contributed by atoms with E-state index < -0.39 is 11.6 Å². The van der Waals surface area contributed by atoms with Crippen molar-refractivity contribution in [1.82, 2.24) is 0 Å². The van der Waals surface area contributed by atoms with Crippen molar-refractivity contribution in [1.29, 1.82) is 0 Å². The average molecular weight is 313 g/mol. The fraction of sp³-hybridized carbons (Fsp3) is 0.462. The first-order valence-corrected chi connectivity index (χ1v) is 5.46. The molecule has 17 heavy (non-hydrogen) atoms. The van der Waals surface area contributed by atoms with Crippen LogP contribution < -0.4 is 17.0 Å². The third kappa shape index (κ3) is 3.90. The van der Waals surface area contributed by atoms with Gasteiger partial charge in [-0.15, -0.1) is 0 Å². The first-order chi connectivity index (χ1) is 7.20. The van der Waals surface area contributed by atoms with E-state index in [1.54, 1.807) is 19.1 Å². The van der Waals surface area contributed by atoms with Crippen molar-refractivity contribution in [3.8, 4) is 0 Å². The van der Waals surface area contributed by atoms with Gasteiger partial charge in [-0.25, -0.2) is 8.78 Å². The summed E-state index contributed by atoms with van der Waals surface area (Å²) in [7, 11) is 0. The molecule has 90 valence electrons. The van der Waals surface area contributed by atoms with Crippen LogP contribution >= 0.6 is 0 Å². The normalized spacial score (nSPS) is 15.9. The molecule has 0 saturated heterocycles. The van der Waals surface area contributed by atoms with Crippen LogP contribution in [0.4, 0.5) is 8.78 Å². The van der Waals surface area contributed by atoms with Crippen molar-refractivity contribution in [2.24, 2.45) is 0 Å². The molecule has 0 heterocycles. The standard InChI is InChI=1S/C13H15F2.BrH.Mg/c1-9-7-8-11(13(15)12(9)14)10-5-3-2-4-6-10;;/h2,7-8,10H,3-6H2,1H3;1H;/q-1;;+2/p-1. The van der Waals surface area contributed by atoms with Crippen molar-refractivity contribution in [2.75, 3.05) is 0 Å². The van der Waals surface area contributed by atoms with Crippen LogP contribution in [0.25, 0.3) is 0 Å². The SMILES string of the molecule is Cc1ccc(C2CC[CH-]CC2)c(F)c1F.[Br-].[Mg+2]. The maximum atomic E-state index is 13.7. The number of rotatable bonds is 1. The molecule has 2 rings (SSSR count). The first kappa shape index (κ1) is 17.3. The van der Waals surface area contributed by atoms with Crippen molar-refractivity contribution >= 4 is 23.1 Å². The summed E-state index contributed by atoms with van der Waals surface area (Å²) >= 11 is 0. The van der Waals surface area contributed by atoms with Crippen molar-refractivity contribution < 1.29 is 25.8 Å². The monoisotopic (exact) mass is 312 g/mol. The summed E-state index contributed by atoms with van der Waals surface area (Å²) in [4.78, 5) is 0. The Morgan fingerprint density at radius 1 is 1.12 bits per heavy atom. The number of hydrogen-bond donors (Lipinski definition) is 0. The molecule has 0 N–H and O–H groups in total. The van der Waals surface area contributed by atoms with Crippen LogP contribution in [0.3, 0.4) is 0 Å². The molecule has 0 amide bonds. The Kier molecular flexibility index (Phi) is 7.84. The summed E-state index contributed by atoms with van der Waals surface area (Å²) in [6, 6.07) is 3.41. The minimum atomic E-state index is -0.679. The topological polar surface area (TPSA) is 0 Å². The van der Waals surface area contributed by atoms with E-state index in [1.807, 2.05) is 0 Å². The Bertz CT molecular complexity index is 363. The minimum absolute atomic E-state index is 0. The Labute approximate surface area is 128 Å². The summed E-state index contributed by atoms with van der Waals surface area (Å²) in [5.74, 6) is -1.12. The van der Waals surface area contributed by atoms with Crippen LogP contribution in [0.5, 0.6) is 0 Å². The van der Waals surface area contributed by atoms with E-state index >= 15 is 0 Å². The molecule has 0 spiro atoms. The van der Waals surface area contributed by atoms with Crippen molar-refractivity contribution in [2.45, 2.75) is 38.5 Å².